The number of urea groups is 1. The molecule has 2 aliphatic heterocycles. The van der Waals surface area contributed by atoms with E-state index in [2.05, 4.69) is 27.4 Å². The number of anilines is 1. The number of carbonyl (C=O) groups is 2. The Labute approximate surface area is 199 Å². The molecule has 0 bridgehead atoms. The van der Waals surface area contributed by atoms with Crippen molar-refractivity contribution >= 4 is 29.3 Å². The van der Waals surface area contributed by atoms with Crippen molar-refractivity contribution in [1.29, 1.82) is 0 Å². The molecule has 174 valence electrons. The molecule has 0 aliphatic carbocycles. The summed E-state index contributed by atoms with van der Waals surface area (Å²) < 4.78 is 5.09. The Morgan fingerprint density at radius 3 is 2.45 bits per heavy atom. The third-order valence-electron chi connectivity index (χ3n) is 6.24. The smallest absolute Gasteiger partial charge is 0.338 e. The Hall–Kier alpha value is -3.03. The van der Waals surface area contributed by atoms with Crippen LogP contribution >= 0.6 is 11.6 Å². The zero-order chi connectivity index (χ0) is 23.5. The molecule has 0 unspecified atom stereocenters. The maximum Gasteiger partial charge on any atom is 0.338 e. The summed E-state index contributed by atoms with van der Waals surface area (Å²) in [4.78, 5) is 29.8. The van der Waals surface area contributed by atoms with Crippen LogP contribution in [0, 0.1) is 13.8 Å². The Kier molecular flexibility index (Phi) is 6.91. The average Bonchev–Trinajstić information content (AvgIpc) is 2.81. The van der Waals surface area contributed by atoms with Crippen LogP contribution in [0.1, 0.15) is 22.7 Å². The van der Waals surface area contributed by atoms with Crippen molar-refractivity contribution in [1.82, 2.24) is 15.5 Å². The van der Waals surface area contributed by atoms with Crippen LogP contribution in [0.5, 0.6) is 0 Å². The summed E-state index contributed by atoms with van der Waals surface area (Å²) >= 11 is 6.21. The van der Waals surface area contributed by atoms with Crippen LogP contribution in [0.3, 0.4) is 0 Å². The molecule has 2 aromatic rings. The summed E-state index contributed by atoms with van der Waals surface area (Å²) in [6.07, 6.45) is 0. The highest BCUT2D eigenvalue weighted by Gasteiger charge is 2.34. The lowest BCUT2D eigenvalue weighted by Gasteiger charge is -2.38. The van der Waals surface area contributed by atoms with Gasteiger partial charge in [0.15, 0.2) is 0 Å². The first-order valence-electron chi connectivity index (χ1n) is 11.0. The molecule has 2 N–H and O–H groups in total. The van der Waals surface area contributed by atoms with Crippen LogP contribution in [-0.2, 0) is 9.53 Å². The molecule has 0 aromatic heterocycles. The Bertz CT molecular complexity index is 1080. The molecule has 2 aromatic carbocycles. The van der Waals surface area contributed by atoms with E-state index < -0.39 is 12.0 Å². The number of carbonyl (C=O) groups excluding carboxylic acids is 2. The molecule has 0 radical (unpaired) electrons. The number of rotatable bonds is 5. The first-order chi connectivity index (χ1) is 15.9. The number of ether oxygens (including phenoxy) is 1. The maximum atomic E-state index is 12.8. The first-order valence-corrected chi connectivity index (χ1v) is 11.4. The van der Waals surface area contributed by atoms with Crippen molar-refractivity contribution in [2.75, 3.05) is 44.7 Å². The third-order valence-corrected chi connectivity index (χ3v) is 6.47. The van der Waals surface area contributed by atoms with Gasteiger partial charge < -0.3 is 20.3 Å². The van der Waals surface area contributed by atoms with Crippen molar-refractivity contribution in [3.8, 4) is 0 Å². The fourth-order valence-corrected chi connectivity index (χ4v) is 4.56. The summed E-state index contributed by atoms with van der Waals surface area (Å²) in [7, 11) is 1.36. The van der Waals surface area contributed by atoms with E-state index in [0.29, 0.717) is 17.8 Å². The lowest BCUT2D eigenvalue weighted by atomic mass is 9.94. The minimum absolute atomic E-state index is 0.323. The van der Waals surface area contributed by atoms with E-state index in [-0.39, 0.29) is 6.03 Å². The van der Waals surface area contributed by atoms with Gasteiger partial charge >= 0.3 is 12.0 Å². The monoisotopic (exact) mass is 468 g/mol. The summed E-state index contributed by atoms with van der Waals surface area (Å²) in [5.41, 5.74) is 5.31. The molecule has 2 heterocycles. The molecular weight excluding hydrogens is 440 g/mol. The van der Waals surface area contributed by atoms with Crippen LogP contribution in [0.25, 0.3) is 0 Å². The number of methoxy groups -OCH3 is 1. The van der Waals surface area contributed by atoms with Gasteiger partial charge in [-0.25, -0.2) is 9.59 Å². The quantitative estimate of drug-likeness (QED) is 0.656. The lowest BCUT2D eigenvalue weighted by Crippen LogP contribution is -2.51. The van der Waals surface area contributed by atoms with Crippen LogP contribution in [0.15, 0.2) is 53.7 Å². The SMILES string of the molecule is COC(=O)C1=C(CN2CCN(c3cc(Cl)ccc3C)CC2)NC(=O)N[C@H]1c1ccc(C)cc1. The number of amides is 2. The highest BCUT2D eigenvalue weighted by molar-refractivity contribution is 6.30. The summed E-state index contributed by atoms with van der Waals surface area (Å²) in [5, 5.41) is 6.46. The van der Waals surface area contributed by atoms with Gasteiger partial charge in [-0.15, -0.1) is 0 Å². The lowest BCUT2D eigenvalue weighted by molar-refractivity contribution is -0.136. The number of aryl methyl sites for hydroxylation is 2. The fraction of sp³-hybridized carbons (Fsp3) is 0.360. The zero-order valence-electron chi connectivity index (χ0n) is 19.2. The van der Waals surface area contributed by atoms with Gasteiger partial charge in [-0.2, -0.15) is 0 Å². The topological polar surface area (TPSA) is 73.9 Å². The first kappa shape index (κ1) is 23.1. The molecule has 0 saturated carbocycles. The van der Waals surface area contributed by atoms with Crippen molar-refractivity contribution in [3.63, 3.8) is 0 Å². The van der Waals surface area contributed by atoms with E-state index in [1.165, 1.54) is 12.7 Å². The number of hydrogen-bond donors (Lipinski definition) is 2. The molecule has 0 spiro atoms. The van der Waals surface area contributed by atoms with Crippen molar-refractivity contribution in [2.24, 2.45) is 0 Å². The molecule has 1 fully saturated rings. The van der Waals surface area contributed by atoms with Gasteiger partial charge in [0, 0.05) is 49.1 Å². The normalized spacial score (nSPS) is 19.2. The van der Waals surface area contributed by atoms with Gasteiger partial charge in [0.1, 0.15) is 0 Å². The van der Waals surface area contributed by atoms with Gasteiger partial charge in [-0.1, -0.05) is 47.5 Å². The van der Waals surface area contributed by atoms with Crippen LogP contribution < -0.4 is 15.5 Å². The van der Waals surface area contributed by atoms with E-state index >= 15 is 0 Å². The predicted molar refractivity (Wildman–Crippen MR) is 129 cm³/mol. The van der Waals surface area contributed by atoms with Crippen molar-refractivity contribution in [2.45, 2.75) is 19.9 Å². The second kappa shape index (κ2) is 9.85. The highest BCUT2D eigenvalue weighted by Crippen LogP contribution is 2.29. The molecular formula is C25H29ClN4O3. The zero-order valence-corrected chi connectivity index (χ0v) is 19.9. The second-order valence-corrected chi connectivity index (χ2v) is 8.96. The van der Waals surface area contributed by atoms with Crippen LogP contribution in [0.4, 0.5) is 10.5 Å². The Morgan fingerprint density at radius 1 is 1.09 bits per heavy atom. The van der Waals surface area contributed by atoms with E-state index in [4.69, 9.17) is 16.3 Å². The highest BCUT2D eigenvalue weighted by atomic mass is 35.5. The largest absolute Gasteiger partial charge is 0.466 e. The molecule has 4 rings (SSSR count). The minimum Gasteiger partial charge on any atom is -0.466 e. The van der Waals surface area contributed by atoms with Gasteiger partial charge in [0.25, 0.3) is 0 Å². The van der Waals surface area contributed by atoms with Crippen molar-refractivity contribution in [3.05, 3.63) is 75.4 Å². The van der Waals surface area contributed by atoms with Gasteiger partial charge in [0.2, 0.25) is 0 Å². The maximum absolute atomic E-state index is 12.8. The average molecular weight is 469 g/mol. The number of halogens is 1. The molecule has 33 heavy (non-hydrogen) atoms. The van der Waals surface area contributed by atoms with Gasteiger partial charge in [-0.05, 0) is 37.1 Å². The summed E-state index contributed by atoms with van der Waals surface area (Å²) in [6.45, 7) is 7.79. The standard InChI is InChI=1S/C25H29ClN4O3/c1-16-4-7-18(8-5-16)23-22(24(31)33-3)20(27-25(32)28-23)15-29-10-12-30(13-11-29)21-14-19(26)9-6-17(21)2/h4-9,14,23H,10-13,15H2,1-3H3,(H2,27,28,32)/t23-/m0/s1. The van der Waals surface area contributed by atoms with E-state index in [1.54, 1.807) is 0 Å². The number of benzene rings is 2. The summed E-state index contributed by atoms with van der Waals surface area (Å²) in [6, 6.07) is 12.9. The molecule has 2 aliphatic rings. The fourth-order valence-electron chi connectivity index (χ4n) is 4.40. The van der Waals surface area contributed by atoms with Crippen LogP contribution in [0.2, 0.25) is 5.02 Å². The van der Waals surface area contributed by atoms with Gasteiger partial charge in [0.05, 0.1) is 18.7 Å². The number of esters is 1. The second-order valence-electron chi connectivity index (χ2n) is 8.52. The molecule has 2 amide bonds. The van der Waals surface area contributed by atoms with E-state index in [9.17, 15) is 9.59 Å². The summed E-state index contributed by atoms with van der Waals surface area (Å²) in [5.74, 6) is -0.448. The number of hydrogen-bond acceptors (Lipinski definition) is 5. The Balaban J connectivity index is 1.54. The Morgan fingerprint density at radius 2 is 1.79 bits per heavy atom. The van der Waals surface area contributed by atoms with Crippen molar-refractivity contribution < 1.29 is 14.3 Å². The number of piperazine rings is 1. The minimum atomic E-state index is -0.558. The number of nitrogens with one attached hydrogen (secondary N) is 2. The van der Waals surface area contributed by atoms with Crippen LogP contribution in [-0.4, -0.2) is 56.7 Å². The molecule has 1 atom stereocenters. The van der Waals surface area contributed by atoms with Gasteiger partial charge in [-0.3, -0.25) is 4.90 Å². The molecule has 1 saturated heterocycles. The van der Waals surface area contributed by atoms with E-state index in [1.807, 2.05) is 49.4 Å². The third kappa shape index (κ3) is 5.15. The molecule has 8 heteroatoms. The number of nitrogens with zero attached hydrogens (tertiary/aromatic N) is 2. The van der Waals surface area contributed by atoms with E-state index in [0.717, 1.165) is 48.0 Å². The molecule has 7 nitrogen and oxygen atoms in total. The predicted octanol–water partition coefficient (Wildman–Crippen LogP) is 3.56.